The number of ether oxygens (including phenoxy) is 2. The van der Waals surface area contributed by atoms with Crippen LogP contribution >= 0.6 is 0 Å². The van der Waals surface area contributed by atoms with Gasteiger partial charge in [0.2, 0.25) is 0 Å². The smallest absolute Gasteiger partial charge is 0.107 e. The summed E-state index contributed by atoms with van der Waals surface area (Å²) >= 11 is 0. The second kappa shape index (κ2) is 3.49. The number of nitrogens with two attached hydrogens (primary N) is 1. The van der Waals surface area contributed by atoms with Gasteiger partial charge < -0.3 is 20.3 Å². The van der Waals surface area contributed by atoms with Crippen molar-refractivity contribution < 1.29 is 14.6 Å². The Balaban J connectivity index is 2.49. The molecule has 0 aliphatic carbocycles. The zero-order chi connectivity index (χ0) is 8.32. The third-order valence-corrected chi connectivity index (χ3v) is 2.06. The molecule has 66 valence electrons. The first-order valence-corrected chi connectivity index (χ1v) is 3.74. The van der Waals surface area contributed by atoms with Crippen molar-refractivity contribution in [3.8, 4) is 0 Å². The van der Waals surface area contributed by atoms with Crippen LogP contribution in [0.4, 0.5) is 0 Å². The lowest BCUT2D eigenvalue weighted by molar-refractivity contribution is -0.113. The van der Waals surface area contributed by atoms with Gasteiger partial charge in [0.05, 0.1) is 19.3 Å². The number of methoxy groups -OCH3 is 1. The zero-order valence-electron chi connectivity index (χ0n) is 6.75. The van der Waals surface area contributed by atoms with Crippen LogP contribution in [0.5, 0.6) is 0 Å². The molecule has 0 radical (unpaired) electrons. The maximum atomic E-state index is 9.81. The van der Waals surface area contributed by atoms with Crippen LogP contribution in [0.25, 0.3) is 0 Å². The van der Waals surface area contributed by atoms with E-state index in [1.54, 1.807) is 7.11 Å². The van der Waals surface area contributed by atoms with Crippen molar-refractivity contribution >= 4 is 0 Å². The maximum Gasteiger partial charge on any atom is 0.107 e. The number of rotatable bonds is 2. The van der Waals surface area contributed by atoms with Gasteiger partial charge in [-0.1, -0.05) is 0 Å². The molecule has 0 aromatic carbocycles. The molecule has 2 unspecified atom stereocenters. The van der Waals surface area contributed by atoms with Gasteiger partial charge >= 0.3 is 0 Å². The normalized spacial score (nSPS) is 39.0. The van der Waals surface area contributed by atoms with Crippen LogP contribution in [0.3, 0.4) is 0 Å². The molecule has 1 heterocycles. The van der Waals surface area contributed by atoms with E-state index in [9.17, 15) is 5.11 Å². The Hall–Kier alpha value is -0.160. The van der Waals surface area contributed by atoms with Crippen LogP contribution < -0.4 is 5.73 Å². The highest BCUT2D eigenvalue weighted by atomic mass is 16.5. The molecule has 4 nitrogen and oxygen atoms in total. The van der Waals surface area contributed by atoms with E-state index >= 15 is 0 Å². The second-order valence-corrected chi connectivity index (χ2v) is 2.97. The van der Waals surface area contributed by atoms with Crippen LogP contribution in [0.15, 0.2) is 0 Å². The van der Waals surface area contributed by atoms with E-state index in [4.69, 9.17) is 15.2 Å². The van der Waals surface area contributed by atoms with Gasteiger partial charge in [-0.3, -0.25) is 0 Å². The highest BCUT2D eigenvalue weighted by Gasteiger charge is 2.37. The molecule has 1 fully saturated rings. The summed E-state index contributed by atoms with van der Waals surface area (Å²) in [7, 11) is 1.56. The molecular weight excluding hydrogens is 146 g/mol. The first-order chi connectivity index (χ1) is 5.19. The van der Waals surface area contributed by atoms with Gasteiger partial charge in [-0.2, -0.15) is 0 Å². The molecule has 0 aromatic heterocycles. The third-order valence-electron chi connectivity index (χ3n) is 2.06. The van der Waals surface area contributed by atoms with Crippen molar-refractivity contribution in [2.45, 2.75) is 18.1 Å². The summed E-state index contributed by atoms with van der Waals surface area (Å²) in [5.74, 6) is 0. The second-order valence-electron chi connectivity index (χ2n) is 2.97. The highest BCUT2D eigenvalue weighted by Crippen LogP contribution is 2.19. The van der Waals surface area contributed by atoms with Crippen LogP contribution in [-0.4, -0.2) is 43.7 Å². The van der Waals surface area contributed by atoms with Gasteiger partial charge in [-0.05, 0) is 0 Å². The maximum absolute atomic E-state index is 9.81. The summed E-state index contributed by atoms with van der Waals surface area (Å²) in [5.41, 5.74) is 4.76. The van der Waals surface area contributed by atoms with Crippen LogP contribution in [-0.2, 0) is 9.47 Å². The molecule has 3 N–H and O–H groups in total. The highest BCUT2D eigenvalue weighted by molar-refractivity contribution is 4.91. The molecule has 0 saturated carbocycles. The van der Waals surface area contributed by atoms with E-state index < -0.39 is 5.60 Å². The molecule has 11 heavy (non-hydrogen) atoms. The van der Waals surface area contributed by atoms with Crippen molar-refractivity contribution in [2.24, 2.45) is 5.73 Å². The number of hydrogen-bond acceptors (Lipinski definition) is 4. The Kier molecular flexibility index (Phi) is 2.84. The molecule has 2 atom stereocenters. The SMILES string of the molecule is COCC1(O)CCOCC1N. The Morgan fingerprint density at radius 1 is 1.82 bits per heavy atom. The van der Waals surface area contributed by atoms with E-state index in [0.717, 1.165) is 0 Å². The minimum Gasteiger partial charge on any atom is -0.386 e. The zero-order valence-corrected chi connectivity index (χ0v) is 6.75. The van der Waals surface area contributed by atoms with Crippen LogP contribution in [0, 0.1) is 0 Å². The Bertz CT molecular complexity index is 127. The molecule has 1 rings (SSSR count). The first-order valence-electron chi connectivity index (χ1n) is 3.74. The van der Waals surface area contributed by atoms with E-state index in [0.29, 0.717) is 19.6 Å². The van der Waals surface area contributed by atoms with Crippen LogP contribution in [0.1, 0.15) is 6.42 Å². The molecular formula is C7H15NO3. The fourth-order valence-electron chi connectivity index (χ4n) is 1.23. The minimum absolute atomic E-state index is 0.289. The summed E-state index contributed by atoms with van der Waals surface area (Å²) in [6, 6.07) is -0.323. The summed E-state index contributed by atoms with van der Waals surface area (Å²) in [6.07, 6.45) is 0.558. The quantitative estimate of drug-likeness (QED) is 0.551. The fraction of sp³-hybridized carbons (Fsp3) is 1.00. The molecule has 1 saturated heterocycles. The van der Waals surface area contributed by atoms with Crippen molar-refractivity contribution in [3.05, 3.63) is 0 Å². The van der Waals surface area contributed by atoms with Crippen molar-refractivity contribution in [1.29, 1.82) is 0 Å². The van der Waals surface area contributed by atoms with E-state index in [2.05, 4.69) is 0 Å². The largest absolute Gasteiger partial charge is 0.386 e. The van der Waals surface area contributed by atoms with Gasteiger partial charge in [0, 0.05) is 20.1 Å². The predicted molar refractivity (Wildman–Crippen MR) is 40.2 cm³/mol. The monoisotopic (exact) mass is 161 g/mol. The summed E-state index contributed by atoms with van der Waals surface area (Å²) in [5, 5.41) is 9.81. The van der Waals surface area contributed by atoms with E-state index in [1.165, 1.54) is 0 Å². The average molecular weight is 161 g/mol. The Morgan fingerprint density at radius 2 is 2.55 bits per heavy atom. The first kappa shape index (κ1) is 8.93. The minimum atomic E-state index is -0.882. The lowest BCUT2D eigenvalue weighted by Crippen LogP contribution is -2.57. The van der Waals surface area contributed by atoms with Gasteiger partial charge in [-0.25, -0.2) is 0 Å². The van der Waals surface area contributed by atoms with Crippen molar-refractivity contribution in [2.75, 3.05) is 26.9 Å². The molecule has 0 aromatic rings. The predicted octanol–water partition coefficient (Wildman–Crippen LogP) is -0.888. The Labute approximate surface area is 66.3 Å². The topological polar surface area (TPSA) is 64.7 Å². The summed E-state index contributed by atoms with van der Waals surface area (Å²) in [4.78, 5) is 0. The molecule has 1 aliphatic heterocycles. The number of aliphatic hydroxyl groups is 1. The standard InChI is InChI=1S/C7H15NO3/c1-10-5-7(9)2-3-11-4-6(7)8/h6,9H,2-5,8H2,1H3. The third kappa shape index (κ3) is 1.90. The van der Waals surface area contributed by atoms with Crippen molar-refractivity contribution in [1.82, 2.24) is 0 Å². The summed E-state index contributed by atoms with van der Waals surface area (Å²) in [6.45, 7) is 1.27. The Morgan fingerprint density at radius 3 is 3.09 bits per heavy atom. The fourth-order valence-corrected chi connectivity index (χ4v) is 1.23. The molecule has 0 bridgehead atoms. The van der Waals surface area contributed by atoms with Gasteiger partial charge in [0.1, 0.15) is 5.60 Å². The van der Waals surface area contributed by atoms with Gasteiger partial charge in [-0.15, -0.1) is 0 Å². The van der Waals surface area contributed by atoms with E-state index in [-0.39, 0.29) is 12.6 Å². The lowest BCUT2D eigenvalue weighted by atomic mass is 9.91. The number of hydrogen-bond donors (Lipinski definition) is 2. The molecule has 0 amide bonds. The van der Waals surface area contributed by atoms with Crippen molar-refractivity contribution in [3.63, 3.8) is 0 Å². The molecule has 1 aliphatic rings. The van der Waals surface area contributed by atoms with Crippen LogP contribution in [0.2, 0.25) is 0 Å². The molecule has 4 heteroatoms. The lowest BCUT2D eigenvalue weighted by Gasteiger charge is -2.36. The van der Waals surface area contributed by atoms with Gasteiger partial charge in [0.25, 0.3) is 0 Å². The molecule has 0 spiro atoms. The average Bonchev–Trinajstić information content (AvgIpc) is 1.96. The van der Waals surface area contributed by atoms with Gasteiger partial charge in [0.15, 0.2) is 0 Å². The summed E-state index contributed by atoms with van der Waals surface area (Å²) < 4.78 is 9.95. The van der Waals surface area contributed by atoms with E-state index in [1.807, 2.05) is 0 Å².